The monoisotopic (exact) mass is 225 g/mol. The summed E-state index contributed by atoms with van der Waals surface area (Å²) in [6, 6.07) is 7.75. The lowest BCUT2D eigenvalue weighted by atomic mass is 10.0. The van der Waals surface area contributed by atoms with Gasteiger partial charge in [0, 0.05) is 24.4 Å². The van der Waals surface area contributed by atoms with Crippen LogP contribution in [0.15, 0.2) is 36.7 Å². The zero-order valence-corrected chi connectivity index (χ0v) is 9.84. The number of hydrogen-bond donors (Lipinski definition) is 0. The summed E-state index contributed by atoms with van der Waals surface area (Å²) in [5.74, 6) is 0.880. The predicted molar refractivity (Wildman–Crippen MR) is 64.6 cm³/mol. The van der Waals surface area contributed by atoms with E-state index in [9.17, 15) is 0 Å². The molecule has 2 aromatic rings. The van der Waals surface area contributed by atoms with Crippen LogP contribution in [-0.4, -0.2) is 9.97 Å². The van der Waals surface area contributed by atoms with Crippen LogP contribution in [0.25, 0.3) is 0 Å². The molecule has 0 aliphatic heterocycles. The van der Waals surface area contributed by atoms with E-state index in [1.165, 1.54) is 0 Å². The molecule has 85 valence electrons. The standard InChI is InChI=1S/C14H13N2O/c1-14(2,13-5-3-4-7-16-13)17-12-6-8-15-11-9-10(11)12/h3-9H,1-2H3. The van der Waals surface area contributed by atoms with Crippen LogP contribution >= 0.6 is 0 Å². The highest BCUT2D eigenvalue weighted by atomic mass is 16.5. The van der Waals surface area contributed by atoms with Gasteiger partial charge in [-0.25, -0.2) is 0 Å². The summed E-state index contributed by atoms with van der Waals surface area (Å²) in [7, 11) is 0. The van der Waals surface area contributed by atoms with Gasteiger partial charge in [-0.2, -0.15) is 0 Å². The Bertz CT molecular complexity index is 549. The Morgan fingerprint density at radius 1 is 1.06 bits per heavy atom. The van der Waals surface area contributed by atoms with E-state index in [0.29, 0.717) is 0 Å². The van der Waals surface area contributed by atoms with Crippen molar-refractivity contribution in [2.45, 2.75) is 19.4 Å². The minimum atomic E-state index is -0.438. The van der Waals surface area contributed by atoms with E-state index in [1.54, 1.807) is 12.4 Å². The van der Waals surface area contributed by atoms with Gasteiger partial charge in [-0.3, -0.25) is 9.97 Å². The fourth-order valence-electron chi connectivity index (χ4n) is 1.81. The summed E-state index contributed by atoms with van der Waals surface area (Å²) in [4.78, 5) is 8.53. The number of nitrogens with zero attached hydrogens (tertiary/aromatic N) is 2. The van der Waals surface area contributed by atoms with Crippen LogP contribution in [-0.2, 0) is 5.60 Å². The summed E-state index contributed by atoms with van der Waals surface area (Å²) in [6.45, 7) is 4.04. The van der Waals surface area contributed by atoms with Gasteiger partial charge in [0.15, 0.2) is 0 Å². The molecule has 3 heteroatoms. The second kappa shape index (κ2) is 3.55. The molecule has 0 saturated carbocycles. The van der Waals surface area contributed by atoms with Gasteiger partial charge in [0.2, 0.25) is 0 Å². The second-order valence-electron chi connectivity index (χ2n) is 4.58. The molecule has 0 amide bonds. The first-order valence-corrected chi connectivity index (χ1v) is 5.61. The zero-order valence-electron chi connectivity index (χ0n) is 9.84. The number of ether oxygens (including phenoxy) is 1. The lowest BCUT2D eigenvalue weighted by Gasteiger charge is -2.25. The molecule has 0 fully saturated rings. The molecular formula is C14H13N2O. The topological polar surface area (TPSA) is 35.0 Å². The number of hydrogen-bond acceptors (Lipinski definition) is 3. The zero-order chi connectivity index (χ0) is 11.9. The van der Waals surface area contributed by atoms with E-state index >= 15 is 0 Å². The highest BCUT2D eigenvalue weighted by Gasteiger charge is 2.30. The third-order valence-electron chi connectivity index (χ3n) is 2.83. The molecule has 0 N–H and O–H groups in total. The fourth-order valence-corrected chi connectivity index (χ4v) is 1.81. The van der Waals surface area contributed by atoms with Gasteiger partial charge in [0.05, 0.1) is 11.4 Å². The van der Waals surface area contributed by atoms with Gasteiger partial charge < -0.3 is 4.74 Å². The third-order valence-corrected chi connectivity index (χ3v) is 2.83. The Hall–Kier alpha value is -1.90. The highest BCUT2D eigenvalue weighted by Crippen LogP contribution is 2.39. The maximum absolute atomic E-state index is 6.04. The molecule has 1 aliphatic rings. The van der Waals surface area contributed by atoms with Gasteiger partial charge in [0.25, 0.3) is 0 Å². The third kappa shape index (κ3) is 1.88. The number of rotatable bonds is 3. The van der Waals surface area contributed by atoms with Crippen molar-refractivity contribution < 1.29 is 4.74 Å². The SMILES string of the molecule is CC(C)(Oc1ccnc2c1[CH]2)c1ccccn1. The van der Waals surface area contributed by atoms with Crippen molar-refractivity contribution in [3.63, 3.8) is 0 Å². The van der Waals surface area contributed by atoms with Crippen molar-refractivity contribution in [1.29, 1.82) is 0 Å². The van der Waals surface area contributed by atoms with Gasteiger partial charge in [-0.05, 0) is 32.0 Å². The van der Waals surface area contributed by atoms with Gasteiger partial charge in [-0.1, -0.05) is 6.07 Å². The maximum Gasteiger partial charge on any atom is 0.145 e. The largest absolute Gasteiger partial charge is 0.481 e. The van der Waals surface area contributed by atoms with Crippen LogP contribution in [0.2, 0.25) is 0 Å². The van der Waals surface area contributed by atoms with Crippen molar-refractivity contribution in [3.05, 3.63) is 60.0 Å². The van der Waals surface area contributed by atoms with Crippen molar-refractivity contribution in [1.82, 2.24) is 9.97 Å². The van der Waals surface area contributed by atoms with E-state index in [0.717, 1.165) is 22.7 Å². The van der Waals surface area contributed by atoms with Crippen molar-refractivity contribution >= 4 is 0 Å². The highest BCUT2D eigenvalue weighted by molar-refractivity contribution is 5.61. The molecule has 0 aromatic carbocycles. The Morgan fingerprint density at radius 3 is 2.71 bits per heavy atom. The minimum Gasteiger partial charge on any atom is -0.481 e. The Morgan fingerprint density at radius 2 is 1.94 bits per heavy atom. The Balaban J connectivity index is 1.88. The van der Waals surface area contributed by atoms with Crippen molar-refractivity contribution in [2.24, 2.45) is 0 Å². The molecule has 2 aromatic heterocycles. The molecule has 0 spiro atoms. The Kier molecular flexibility index (Phi) is 2.15. The van der Waals surface area contributed by atoms with E-state index in [2.05, 4.69) is 9.97 Å². The summed E-state index contributed by atoms with van der Waals surface area (Å²) in [5, 5.41) is 0. The van der Waals surface area contributed by atoms with Crippen molar-refractivity contribution in [3.8, 4) is 5.75 Å². The van der Waals surface area contributed by atoms with Crippen LogP contribution < -0.4 is 4.74 Å². The fraction of sp³-hybridized carbons (Fsp3) is 0.214. The average molecular weight is 225 g/mol. The molecule has 0 saturated heterocycles. The van der Waals surface area contributed by atoms with Gasteiger partial charge >= 0.3 is 0 Å². The first kappa shape index (κ1) is 10.3. The first-order valence-electron chi connectivity index (χ1n) is 5.61. The summed E-state index contributed by atoms with van der Waals surface area (Å²) < 4.78 is 6.04. The van der Waals surface area contributed by atoms with Gasteiger partial charge in [-0.15, -0.1) is 0 Å². The normalized spacial score (nSPS) is 13.1. The van der Waals surface area contributed by atoms with Crippen molar-refractivity contribution in [2.75, 3.05) is 0 Å². The average Bonchev–Trinajstić information content (AvgIpc) is 3.10. The molecular weight excluding hydrogens is 212 g/mol. The van der Waals surface area contributed by atoms with E-state index < -0.39 is 5.60 Å². The molecule has 2 heterocycles. The minimum absolute atomic E-state index is 0.438. The van der Waals surface area contributed by atoms with Crippen LogP contribution in [0.5, 0.6) is 5.75 Å². The van der Waals surface area contributed by atoms with E-state index in [-0.39, 0.29) is 0 Å². The molecule has 17 heavy (non-hydrogen) atoms. The van der Waals surface area contributed by atoms with Crippen LogP contribution in [0, 0.1) is 6.42 Å². The first-order chi connectivity index (χ1) is 8.17. The number of aromatic nitrogens is 2. The Labute approximate surface area is 100 Å². The lowest BCUT2D eigenvalue weighted by Crippen LogP contribution is -2.26. The van der Waals surface area contributed by atoms with Crippen LogP contribution in [0.1, 0.15) is 30.8 Å². The lowest BCUT2D eigenvalue weighted by molar-refractivity contribution is 0.104. The van der Waals surface area contributed by atoms with E-state index in [1.807, 2.05) is 44.5 Å². The van der Waals surface area contributed by atoms with Crippen LogP contribution in [0.3, 0.4) is 0 Å². The van der Waals surface area contributed by atoms with Gasteiger partial charge in [0.1, 0.15) is 11.4 Å². The second-order valence-corrected chi connectivity index (χ2v) is 4.58. The molecule has 1 radical (unpaired) electrons. The molecule has 1 aliphatic carbocycles. The number of pyridine rings is 2. The summed E-state index contributed by atoms with van der Waals surface area (Å²) in [5.41, 5.74) is 2.62. The smallest absolute Gasteiger partial charge is 0.145 e. The quantitative estimate of drug-likeness (QED) is 0.687. The number of fused-ring (bicyclic) bond motifs is 1. The van der Waals surface area contributed by atoms with Crippen LogP contribution in [0.4, 0.5) is 0 Å². The summed E-state index contributed by atoms with van der Waals surface area (Å²) >= 11 is 0. The van der Waals surface area contributed by atoms with E-state index in [4.69, 9.17) is 4.74 Å². The molecule has 0 unspecified atom stereocenters. The maximum atomic E-state index is 6.04. The molecule has 0 atom stereocenters. The molecule has 0 bridgehead atoms. The summed E-state index contributed by atoms with van der Waals surface area (Å²) in [6.07, 6.45) is 5.57. The molecule has 3 nitrogen and oxygen atoms in total. The molecule has 3 rings (SSSR count). The predicted octanol–water partition coefficient (Wildman–Crippen LogP) is 2.70.